The summed E-state index contributed by atoms with van der Waals surface area (Å²) in [5.74, 6) is 0.524. The molecule has 5 heteroatoms. The Morgan fingerprint density at radius 2 is 2.06 bits per heavy atom. The van der Waals surface area contributed by atoms with Gasteiger partial charge in [-0.15, -0.1) is 0 Å². The van der Waals surface area contributed by atoms with Crippen LogP contribution in [0.15, 0.2) is 35.3 Å². The maximum Gasteiger partial charge on any atom is 0.268 e. The third-order valence-electron chi connectivity index (χ3n) is 2.26. The summed E-state index contributed by atoms with van der Waals surface area (Å²) in [7, 11) is 0. The predicted octanol–water partition coefficient (Wildman–Crippen LogP) is 1.89. The number of H-pyrrole nitrogens is 1. The lowest BCUT2D eigenvalue weighted by Gasteiger charge is -2.01. The summed E-state index contributed by atoms with van der Waals surface area (Å²) in [5.41, 5.74) is 0.596. The van der Waals surface area contributed by atoms with Gasteiger partial charge in [0, 0.05) is 11.4 Å². The zero-order valence-corrected chi connectivity index (χ0v) is 9.53. The van der Waals surface area contributed by atoms with Crippen molar-refractivity contribution in [3.05, 3.63) is 62.8 Å². The highest BCUT2D eigenvalue weighted by Crippen LogP contribution is 2.11. The zero-order chi connectivity index (χ0) is 12.3. The van der Waals surface area contributed by atoms with Crippen molar-refractivity contribution in [3.63, 3.8) is 0 Å². The number of aromatic amines is 1. The molecule has 17 heavy (non-hydrogen) atoms. The minimum absolute atomic E-state index is 0.0184. The summed E-state index contributed by atoms with van der Waals surface area (Å²) >= 11 is 5.77. The third kappa shape index (κ3) is 2.71. The van der Waals surface area contributed by atoms with E-state index in [1.54, 1.807) is 18.2 Å². The van der Waals surface area contributed by atoms with E-state index in [1.807, 2.05) is 12.1 Å². The number of hydrogen-bond donors (Lipinski definition) is 1. The number of rotatable bonds is 2. The van der Waals surface area contributed by atoms with Crippen LogP contribution >= 0.6 is 11.6 Å². The maximum atomic E-state index is 11.4. The fourth-order valence-electron chi connectivity index (χ4n) is 1.40. The SMILES string of the molecule is N#Cc1cnc(Cc2ccc(Cl)cc2)[nH]c1=O. The molecule has 0 aliphatic heterocycles. The number of benzene rings is 1. The standard InChI is InChI=1S/C12H8ClN3O/c13-10-3-1-8(2-4-10)5-11-15-7-9(6-14)12(17)16-11/h1-4,7H,5H2,(H,15,16,17). The molecule has 2 rings (SSSR count). The molecule has 0 unspecified atom stereocenters. The normalized spacial score (nSPS) is 9.88. The first kappa shape index (κ1) is 11.4. The minimum Gasteiger partial charge on any atom is -0.309 e. The van der Waals surface area contributed by atoms with E-state index < -0.39 is 5.56 Å². The van der Waals surface area contributed by atoms with Crippen molar-refractivity contribution in [2.24, 2.45) is 0 Å². The molecule has 0 aliphatic carbocycles. The van der Waals surface area contributed by atoms with E-state index in [0.29, 0.717) is 17.3 Å². The summed E-state index contributed by atoms with van der Waals surface area (Å²) < 4.78 is 0. The van der Waals surface area contributed by atoms with Gasteiger partial charge in [-0.1, -0.05) is 23.7 Å². The van der Waals surface area contributed by atoms with Crippen LogP contribution in [0.5, 0.6) is 0 Å². The van der Waals surface area contributed by atoms with E-state index in [2.05, 4.69) is 9.97 Å². The molecule has 0 atom stereocenters. The van der Waals surface area contributed by atoms with Crippen LogP contribution in [0.4, 0.5) is 0 Å². The summed E-state index contributed by atoms with van der Waals surface area (Å²) in [6.07, 6.45) is 1.78. The molecule has 0 saturated carbocycles. The third-order valence-corrected chi connectivity index (χ3v) is 2.51. The largest absolute Gasteiger partial charge is 0.309 e. The molecule has 1 N–H and O–H groups in total. The quantitative estimate of drug-likeness (QED) is 0.878. The Labute approximate surface area is 103 Å². The zero-order valence-electron chi connectivity index (χ0n) is 8.77. The highest BCUT2D eigenvalue weighted by atomic mass is 35.5. The van der Waals surface area contributed by atoms with Gasteiger partial charge in [0.2, 0.25) is 0 Å². The number of nitrogens with one attached hydrogen (secondary N) is 1. The summed E-state index contributed by atoms with van der Waals surface area (Å²) in [6, 6.07) is 9.05. The van der Waals surface area contributed by atoms with Gasteiger partial charge in [-0.25, -0.2) is 4.98 Å². The molecule has 84 valence electrons. The molecule has 0 aliphatic rings. The summed E-state index contributed by atoms with van der Waals surface area (Å²) in [6.45, 7) is 0. The molecule has 0 amide bonds. The monoisotopic (exact) mass is 245 g/mol. The number of aromatic nitrogens is 2. The Bertz CT molecular complexity index is 625. The van der Waals surface area contributed by atoms with Crippen molar-refractivity contribution in [2.45, 2.75) is 6.42 Å². The lowest BCUT2D eigenvalue weighted by Crippen LogP contribution is -2.14. The van der Waals surface area contributed by atoms with Gasteiger partial charge in [-0.05, 0) is 17.7 Å². The van der Waals surface area contributed by atoms with Crippen LogP contribution < -0.4 is 5.56 Å². The second kappa shape index (κ2) is 4.81. The van der Waals surface area contributed by atoms with Crippen molar-refractivity contribution in [1.29, 1.82) is 5.26 Å². The Morgan fingerprint density at radius 1 is 1.35 bits per heavy atom. The minimum atomic E-state index is -0.411. The average molecular weight is 246 g/mol. The second-order valence-corrected chi connectivity index (χ2v) is 3.92. The molecule has 2 aromatic rings. The first-order valence-corrected chi connectivity index (χ1v) is 5.29. The number of halogens is 1. The molecule has 1 aromatic carbocycles. The highest BCUT2D eigenvalue weighted by Gasteiger charge is 2.02. The van der Waals surface area contributed by atoms with Gasteiger partial charge in [-0.3, -0.25) is 4.79 Å². The Morgan fingerprint density at radius 3 is 2.65 bits per heavy atom. The molecule has 0 bridgehead atoms. The summed E-state index contributed by atoms with van der Waals surface area (Å²) in [4.78, 5) is 18.0. The van der Waals surface area contributed by atoms with Gasteiger partial charge < -0.3 is 4.98 Å². The van der Waals surface area contributed by atoms with Crippen molar-refractivity contribution in [2.75, 3.05) is 0 Å². The molecule has 4 nitrogen and oxygen atoms in total. The fourth-order valence-corrected chi connectivity index (χ4v) is 1.52. The Kier molecular flexibility index (Phi) is 3.22. The van der Waals surface area contributed by atoms with Crippen molar-refractivity contribution in [1.82, 2.24) is 9.97 Å². The van der Waals surface area contributed by atoms with Gasteiger partial charge in [0.25, 0.3) is 5.56 Å². The smallest absolute Gasteiger partial charge is 0.268 e. The van der Waals surface area contributed by atoms with Crippen LogP contribution in [-0.2, 0) is 6.42 Å². The van der Waals surface area contributed by atoms with Gasteiger partial charge in [0.05, 0.1) is 6.20 Å². The van der Waals surface area contributed by atoms with Crippen molar-refractivity contribution >= 4 is 11.6 Å². The van der Waals surface area contributed by atoms with Gasteiger partial charge in [-0.2, -0.15) is 5.26 Å². The molecule has 1 aromatic heterocycles. The number of hydrogen-bond acceptors (Lipinski definition) is 3. The van der Waals surface area contributed by atoms with Crippen molar-refractivity contribution < 1.29 is 0 Å². The molecule has 0 fully saturated rings. The summed E-state index contributed by atoms with van der Waals surface area (Å²) in [5, 5.41) is 9.27. The van der Waals surface area contributed by atoms with E-state index in [1.165, 1.54) is 6.20 Å². The van der Waals surface area contributed by atoms with Crippen LogP contribution in [0.3, 0.4) is 0 Å². The van der Waals surface area contributed by atoms with E-state index in [0.717, 1.165) is 5.56 Å². The van der Waals surface area contributed by atoms with Crippen LogP contribution in [0, 0.1) is 11.3 Å². The topological polar surface area (TPSA) is 69.5 Å². The van der Waals surface area contributed by atoms with Crippen molar-refractivity contribution in [3.8, 4) is 6.07 Å². The molecule has 0 saturated heterocycles. The van der Waals surface area contributed by atoms with Crippen LogP contribution in [0.2, 0.25) is 5.02 Å². The van der Waals surface area contributed by atoms with E-state index in [4.69, 9.17) is 16.9 Å². The lowest BCUT2D eigenvalue weighted by molar-refractivity contribution is 0.939. The predicted molar refractivity (Wildman–Crippen MR) is 63.8 cm³/mol. The van der Waals surface area contributed by atoms with Gasteiger partial charge in [0.15, 0.2) is 0 Å². The average Bonchev–Trinajstić information content (AvgIpc) is 2.32. The molecule has 0 radical (unpaired) electrons. The molecular formula is C12H8ClN3O. The second-order valence-electron chi connectivity index (χ2n) is 3.49. The molecular weight excluding hydrogens is 238 g/mol. The van der Waals surface area contributed by atoms with Crippen LogP contribution in [0.25, 0.3) is 0 Å². The van der Waals surface area contributed by atoms with E-state index in [-0.39, 0.29) is 5.56 Å². The Balaban J connectivity index is 2.25. The maximum absolute atomic E-state index is 11.4. The fraction of sp³-hybridized carbons (Fsp3) is 0.0833. The molecule has 1 heterocycles. The van der Waals surface area contributed by atoms with E-state index in [9.17, 15) is 4.79 Å². The lowest BCUT2D eigenvalue weighted by atomic mass is 10.1. The van der Waals surface area contributed by atoms with Gasteiger partial charge in [0.1, 0.15) is 17.5 Å². The first-order valence-electron chi connectivity index (χ1n) is 4.92. The number of nitriles is 1. The Hall–Kier alpha value is -2.12. The molecule has 0 spiro atoms. The first-order chi connectivity index (χ1) is 8.19. The van der Waals surface area contributed by atoms with E-state index >= 15 is 0 Å². The van der Waals surface area contributed by atoms with Gasteiger partial charge >= 0.3 is 0 Å². The number of nitrogens with zero attached hydrogens (tertiary/aromatic N) is 2. The van der Waals surface area contributed by atoms with Crippen LogP contribution in [0.1, 0.15) is 17.0 Å². The highest BCUT2D eigenvalue weighted by molar-refractivity contribution is 6.30. The van der Waals surface area contributed by atoms with Crippen LogP contribution in [-0.4, -0.2) is 9.97 Å².